The number of halogens is 1. The molecule has 1 aromatic carbocycles. The number of aliphatic hydroxyl groups excluding tert-OH is 1. The minimum atomic E-state index is -0.803. The van der Waals surface area contributed by atoms with Crippen molar-refractivity contribution in [2.45, 2.75) is 25.9 Å². The van der Waals surface area contributed by atoms with E-state index in [1.54, 1.807) is 18.2 Å². The van der Waals surface area contributed by atoms with Crippen LogP contribution in [0, 0.1) is 5.82 Å². The zero-order chi connectivity index (χ0) is 13.2. The van der Waals surface area contributed by atoms with Crippen LogP contribution in [0.1, 0.15) is 31.4 Å². The first kappa shape index (κ1) is 15.1. The van der Waals surface area contributed by atoms with Gasteiger partial charge in [0.1, 0.15) is 5.82 Å². The Labute approximate surface area is 108 Å². The number of rotatable bonds is 9. The van der Waals surface area contributed by atoms with Gasteiger partial charge < -0.3 is 15.2 Å². The highest BCUT2D eigenvalue weighted by Crippen LogP contribution is 2.15. The summed E-state index contributed by atoms with van der Waals surface area (Å²) in [5.74, 6) is -0.363. The molecule has 0 saturated carbocycles. The van der Waals surface area contributed by atoms with Crippen LogP contribution in [0.5, 0.6) is 0 Å². The van der Waals surface area contributed by atoms with Crippen molar-refractivity contribution >= 4 is 0 Å². The maximum absolute atomic E-state index is 13.3. The molecule has 0 aliphatic heterocycles. The number of nitrogens with one attached hydrogen (secondary N) is 1. The van der Waals surface area contributed by atoms with Gasteiger partial charge in [-0.25, -0.2) is 4.39 Å². The largest absolute Gasteiger partial charge is 0.387 e. The zero-order valence-corrected chi connectivity index (χ0v) is 10.9. The first-order chi connectivity index (χ1) is 8.75. The molecule has 3 nitrogen and oxygen atoms in total. The number of benzene rings is 1. The molecule has 0 aliphatic carbocycles. The topological polar surface area (TPSA) is 41.5 Å². The third-order valence-electron chi connectivity index (χ3n) is 2.59. The van der Waals surface area contributed by atoms with E-state index in [0.717, 1.165) is 32.6 Å². The van der Waals surface area contributed by atoms with E-state index in [1.807, 2.05) is 0 Å². The fourth-order valence-corrected chi connectivity index (χ4v) is 1.64. The van der Waals surface area contributed by atoms with Crippen LogP contribution in [0.2, 0.25) is 0 Å². The summed E-state index contributed by atoms with van der Waals surface area (Å²) < 4.78 is 18.7. The van der Waals surface area contributed by atoms with Crippen LogP contribution in [-0.2, 0) is 4.74 Å². The Morgan fingerprint density at radius 3 is 2.83 bits per heavy atom. The van der Waals surface area contributed by atoms with E-state index < -0.39 is 6.10 Å². The summed E-state index contributed by atoms with van der Waals surface area (Å²) in [4.78, 5) is 0. The SMILES string of the molecule is CCCOCCCNCC(O)c1ccccc1F. The molecule has 2 N–H and O–H groups in total. The molecule has 0 fully saturated rings. The Morgan fingerprint density at radius 1 is 1.33 bits per heavy atom. The van der Waals surface area contributed by atoms with Crippen molar-refractivity contribution in [3.63, 3.8) is 0 Å². The lowest BCUT2D eigenvalue weighted by Gasteiger charge is -2.12. The first-order valence-corrected chi connectivity index (χ1v) is 6.46. The van der Waals surface area contributed by atoms with Crippen molar-refractivity contribution in [2.75, 3.05) is 26.3 Å². The van der Waals surface area contributed by atoms with E-state index in [0.29, 0.717) is 12.1 Å². The Hall–Kier alpha value is -0.970. The third-order valence-corrected chi connectivity index (χ3v) is 2.59. The van der Waals surface area contributed by atoms with Crippen molar-refractivity contribution in [2.24, 2.45) is 0 Å². The maximum Gasteiger partial charge on any atom is 0.129 e. The highest BCUT2D eigenvalue weighted by molar-refractivity contribution is 5.19. The summed E-state index contributed by atoms with van der Waals surface area (Å²) >= 11 is 0. The monoisotopic (exact) mass is 255 g/mol. The molecule has 1 unspecified atom stereocenters. The molecular weight excluding hydrogens is 233 g/mol. The van der Waals surface area contributed by atoms with Gasteiger partial charge in [-0.05, 0) is 25.5 Å². The van der Waals surface area contributed by atoms with E-state index in [4.69, 9.17) is 4.74 Å². The zero-order valence-electron chi connectivity index (χ0n) is 10.9. The van der Waals surface area contributed by atoms with Crippen LogP contribution in [-0.4, -0.2) is 31.4 Å². The van der Waals surface area contributed by atoms with Crippen molar-refractivity contribution in [3.8, 4) is 0 Å². The minimum absolute atomic E-state index is 0.340. The van der Waals surface area contributed by atoms with Gasteiger partial charge in [-0.2, -0.15) is 0 Å². The summed E-state index contributed by atoms with van der Waals surface area (Å²) in [6.07, 6.45) is 1.12. The fourth-order valence-electron chi connectivity index (χ4n) is 1.64. The van der Waals surface area contributed by atoms with Crippen LogP contribution in [0.15, 0.2) is 24.3 Å². The van der Waals surface area contributed by atoms with Crippen LogP contribution in [0.3, 0.4) is 0 Å². The van der Waals surface area contributed by atoms with Gasteiger partial charge in [-0.3, -0.25) is 0 Å². The lowest BCUT2D eigenvalue weighted by molar-refractivity contribution is 0.129. The predicted molar refractivity (Wildman–Crippen MR) is 70.0 cm³/mol. The number of hydrogen-bond acceptors (Lipinski definition) is 3. The smallest absolute Gasteiger partial charge is 0.129 e. The molecule has 102 valence electrons. The summed E-state index contributed by atoms with van der Waals surface area (Å²) in [5.41, 5.74) is 0.340. The van der Waals surface area contributed by atoms with Crippen LogP contribution in [0.25, 0.3) is 0 Å². The standard InChI is InChI=1S/C14H22FNO2/c1-2-9-18-10-5-8-16-11-14(17)12-6-3-4-7-13(12)15/h3-4,6-7,14,16-17H,2,5,8-11H2,1H3. The van der Waals surface area contributed by atoms with E-state index in [1.165, 1.54) is 6.07 Å². The second kappa shape index (κ2) is 9.03. The molecule has 0 spiro atoms. The number of hydrogen-bond donors (Lipinski definition) is 2. The van der Waals surface area contributed by atoms with E-state index in [9.17, 15) is 9.50 Å². The summed E-state index contributed by atoms with van der Waals surface area (Å²) in [6, 6.07) is 6.30. The van der Waals surface area contributed by atoms with Gasteiger partial charge in [0.05, 0.1) is 6.10 Å². The van der Waals surface area contributed by atoms with Gasteiger partial charge in [0.25, 0.3) is 0 Å². The molecule has 0 aromatic heterocycles. The van der Waals surface area contributed by atoms with Crippen molar-refractivity contribution in [1.82, 2.24) is 5.32 Å². The van der Waals surface area contributed by atoms with E-state index in [-0.39, 0.29) is 5.82 Å². The van der Waals surface area contributed by atoms with Crippen LogP contribution < -0.4 is 5.32 Å². The first-order valence-electron chi connectivity index (χ1n) is 6.46. The highest BCUT2D eigenvalue weighted by atomic mass is 19.1. The molecular formula is C14H22FNO2. The van der Waals surface area contributed by atoms with Gasteiger partial charge in [-0.1, -0.05) is 25.1 Å². The van der Waals surface area contributed by atoms with Gasteiger partial charge in [0, 0.05) is 25.3 Å². The number of ether oxygens (including phenoxy) is 1. The fraction of sp³-hybridized carbons (Fsp3) is 0.571. The lowest BCUT2D eigenvalue weighted by atomic mass is 10.1. The molecule has 0 saturated heterocycles. The van der Waals surface area contributed by atoms with Crippen LogP contribution >= 0.6 is 0 Å². The van der Waals surface area contributed by atoms with Gasteiger partial charge >= 0.3 is 0 Å². The summed E-state index contributed by atoms with van der Waals surface area (Å²) in [6.45, 7) is 4.70. The molecule has 0 amide bonds. The predicted octanol–water partition coefficient (Wildman–Crippen LogP) is 2.27. The Bertz CT molecular complexity index is 333. The molecule has 0 heterocycles. The Morgan fingerprint density at radius 2 is 2.11 bits per heavy atom. The lowest BCUT2D eigenvalue weighted by Crippen LogP contribution is -2.24. The van der Waals surface area contributed by atoms with Gasteiger partial charge in [0.2, 0.25) is 0 Å². The Balaban J connectivity index is 2.14. The molecule has 0 radical (unpaired) electrons. The number of aliphatic hydroxyl groups is 1. The molecule has 1 aromatic rings. The molecule has 0 bridgehead atoms. The molecule has 0 aliphatic rings. The van der Waals surface area contributed by atoms with E-state index >= 15 is 0 Å². The quantitative estimate of drug-likeness (QED) is 0.665. The minimum Gasteiger partial charge on any atom is -0.387 e. The van der Waals surface area contributed by atoms with Gasteiger partial charge in [0.15, 0.2) is 0 Å². The van der Waals surface area contributed by atoms with Crippen molar-refractivity contribution in [3.05, 3.63) is 35.6 Å². The Kier molecular flexibility index (Phi) is 7.57. The second-order valence-corrected chi connectivity index (χ2v) is 4.21. The molecule has 1 rings (SSSR count). The van der Waals surface area contributed by atoms with Crippen molar-refractivity contribution in [1.29, 1.82) is 0 Å². The van der Waals surface area contributed by atoms with Crippen molar-refractivity contribution < 1.29 is 14.2 Å². The third kappa shape index (κ3) is 5.58. The summed E-state index contributed by atoms with van der Waals surface area (Å²) in [5, 5.41) is 12.9. The van der Waals surface area contributed by atoms with Gasteiger partial charge in [-0.15, -0.1) is 0 Å². The van der Waals surface area contributed by atoms with E-state index in [2.05, 4.69) is 12.2 Å². The average Bonchev–Trinajstić information content (AvgIpc) is 2.38. The maximum atomic E-state index is 13.3. The molecule has 18 heavy (non-hydrogen) atoms. The normalized spacial score (nSPS) is 12.6. The molecule has 1 atom stereocenters. The van der Waals surface area contributed by atoms with Crippen LogP contribution in [0.4, 0.5) is 4.39 Å². The highest BCUT2D eigenvalue weighted by Gasteiger charge is 2.10. The average molecular weight is 255 g/mol. The summed E-state index contributed by atoms with van der Waals surface area (Å²) in [7, 11) is 0. The molecule has 4 heteroatoms. The second-order valence-electron chi connectivity index (χ2n) is 4.21.